The van der Waals surface area contributed by atoms with Crippen molar-refractivity contribution in [2.75, 3.05) is 13.2 Å². The van der Waals surface area contributed by atoms with Crippen LogP contribution in [-0.2, 0) is 28.4 Å². The van der Waals surface area contributed by atoms with Crippen molar-refractivity contribution in [3.05, 3.63) is 12.7 Å². The van der Waals surface area contributed by atoms with Crippen LogP contribution in [0.4, 0.5) is 0 Å². The Hall–Kier alpha value is -0.500. The normalized spacial score (nSPS) is 43.9. The Bertz CT molecular complexity index is 407. The van der Waals surface area contributed by atoms with Crippen LogP contribution in [0.2, 0.25) is 0 Å². The molecule has 3 aliphatic rings. The zero-order chi connectivity index (χ0) is 15.3. The monoisotopic (exact) mass is 300 g/mol. The lowest BCUT2D eigenvalue weighted by Gasteiger charge is -2.28. The van der Waals surface area contributed by atoms with Gasteiger partial charge in [-0.15, -0.1) is 6.58 Å². The summed E-state index contributed by atoms with van der Waals surface area (Å²) in [6.07, 6.45) is 0.261. The third-order valence-corrected chi connectivity index (χ3v) is 3.83. The van der Waals surface area contributed by atoms with E-state index in [0.29, 0.717) is 13.2 Å². The van der Waals surface area contributed by atoms with Gasteiger partial charge in [0.2, 0.25) is 0 Å². The lowest BCUT2D eigenvalue weighted by molar-refractivity contribution is -0.235. The molecule has 3 rings (SSSR count). The summed E-state index contributed by atoms with van der Waals surface area (Å²) >= 11 is 0. The molecule has 2 unspecified atom stereocenters. The van der Waals surface area contributed by atoms with Gasteiger partial charge in [-0.1, -0.05) is 6.08 Å². The van der Waals surface area contributed by atoms with Crippen molar-refractivity contribution in [1.29, 1.82) is 0 Å². The first-order valence-corrected chi connectivity index (χ1v) is 7.37. The van der Waals surface area contributed by atoms with Crippen molar-refractivity contribution in [3.63, 3.8) is 0 Å². The molecule has 0 aromatic rings. The molecular formula is C15H24O6. The van der Waals surface area contributed by atoms with Gasteiger partial charge in [-0.05, 0) is 27.7 Å². The Morgan fingerprint density at radius 3 is 2.48 bits per heavy atom. The molecule has 0 bridgehead atoms. The minimum absolute atomic E-state index is 0.198. The molecule has 0 radical (unpaired) electrons. The molecule has 120 valence electrons. The molecule has 0 amide bonds. The van der Waals surface area contributed by atoms with E-state index in [1.54, 1.807) is 6.08 Å². The van der Waals surface area contributed by atoms with Gasteiger partial charge in [-0.2, -0.15) is 0 Å². The first-order chi connectivity index (χ1) is 9.81. The highest BCUT2D eigenvalue weighted by Gasteiger charge is 2.58. The van der Waals surface area contributed by atoms with Crippen LogP contribution >= 0.6 is 0 Å². The van der Waals surface area contributed by atoms with E-state index >= 15 is 0 Å². The summed E-state index contributed by atoms with van der Waals surface area (Å²) in [6.45, 7) is 12.1. The Morgan fingerprint density at radius 1 is 1.10 bits per heavy atom. The first-order valence-electron chi connectivity index (χ1n) is 7.37. The number of hydrogen-bond donors (Lipinski definition) is 0. The van der Waals surface area contributed by atoms with Crippen LogP contribution in [0.25, 0.3) is 0 Å². The highest BCUT2D eigenvalue weighted by atomic mass is 16.8. The zero-order valence-electron chi connectivity index (χ0n) is 13.0. The number of ether oxygens (including phenoxy) is 6. The highest BCUT2D eigenvalue weighted by Crippen LogP contribution is 2.41. The average molecular weight is 300 g/mol. The van der Waals surface area contributed by atoms with Gasteiger partial charge in [-0.25, -0.2) is 0 Å². The van der Waals surface area contributed by atoms with E-state index in [1.165, 1.54) is 0 Å². The molecule has 3 fully saturated rings. The second-order valence-electron chi connectivity index (χ2n) is 6.52. The van der Waals surface area contributed by atoms with Gasteiger partial charge in [0, 0.05) is 0 Å². The van der Waals surface area contributed by atoms with Crippen LogP contribution in [0.1, 0.15) is 27.7 Å². The Kier molecular flexibility index (Phi) is 3.88. The van der Waals surface area contributed by atoms with Gasteiger partial charge >= 0.3 is 0 Å². The second kappa shape index (κ2) is 5.30. The summed E-state index contributed by atoms with van der Waals surface area (Å²) < 4.78 is 35.1. The first kappa shape index (κ1) is 15.4. The lowest BCUT2D eigenvalue weighted by Crippen LogP contribution is -2.44. The van der Waals surface area contributed by atoms with Crippen LogP contribution in [0.3, 0.4) is 0 Å². The third kappa shape index (κ3) is 3.02. The average Bonchev–Trinajstić information content (AvgIpc) is 2.96. The number of fused-ring (bicyclic) bond motifs is 1. The molecule has 3 saturated heterocycles. The van der Waals surface area contributed by atoms with Gasteiger partial charge in [-0.3, -0.25) is 0 Å². The Labute approximate surface area is 125 Å². The van der Waals surface area contributed by atoms with E-state index in [-0.39, 0.29) is 24.4 Å². The molecule has 0 aliphatic carbocycles. The van der Waals surface area contributed by atoms with Crippen molar-refractivity contribution in [3.8, 4) is 0 Å². The van der Waals surface area contributed by atoms with Gasteiger partial charge in [0.1, 0.15) is 24.4 Å². The standard InChI is InChI=1S/C15H24O6/c1-6-7-16-11-10(9-8-17-14(2,3)19-9)18-13-12(11)20-15(4,5)21-13/h6,9-13H,1,7-8H2,2-5H3/t9-,10-,11+,12?,13?/m1/s1. The van der Waals surface area contributed by atoms with Crippen molar-refractivity contribution in [2.24, 2.45) is 0 Å². The summed E-state index contributed by atoms with van der Waals surface area (Å²) in [5.74, 6) is -1.27. The van der Waals surface area contributed by atoms with Gasteiger partial charge < -0.3 is 28.4 Å². The Balaban J connectivity index is 1.73. The summed E-state index contributed by atoms with van der Waals surface area (Å²) in [5.41, 5.74) is 0. The van der Waals surface area contributed by atoms with Crippen LogP contribution in [0.5, 0.6) is 0 Å². The van der Waals surface area contributed by atoms with Crippen LogP contribution < -0.4 is 0 Å². The molecule has 6 heteroatoms. The van der Waals surface area contributed by atoms with E-state index in [9.17, 15) is 0 Å². The van der Waals surface area contributed by atoms with Crippen molar-refractivity contribution in [1.82, 2.24) is 0 Å². The molecule has 21 heavy (non-hydrogen) atoms. The lowest BCUT2D eigenvalue weighted by atomic mass is 10.1. The van der Waals surface area contributed by atoms with Crippen molar-refractivity contribution < 1.29 is 28.4 Å². The maximum atomic E-state index is 6.00. The van der Waals surface area contributed by atoms with Gasteiger partial charge in [0.05, 0.1) is 13.2 Å². The largest absolute Gasteiger partial charge is 0.368 e. The SMILES string of the molecule is C=CCO[C@@H]1C2OC(C)(C)OC2O[C@@H]1[C@H]1COC(C)(C)O1. The smallest absolute Gasteiger partial charge is 0.190 e. The quantitative estimate of drug-likeness (QED) is 0.735. The minimum atomic E-state index is -0.664. The Morgan fingerprint density at radius 2 is 1.86 bits per heavy atom. The molecule has 0 aromatic carbocycles. The minimum Gasteiger partial charge on any atom is -0.368 e. The molecule has 5 atom stereocenters. The topological polar surface area (TPSA) is 55.4 Å². The van der Waals surface area contributed by atoms with E-state index < -0.39 is 17.9 Å². The van der Waals surface area contributed by atoms with Crippen molar-refractivity contribution >= 4 is 0 Å². The van der Waals surface area contributed by atoms with E-state index in [1.807, 2.05) is 27.7 Å². The van der Waals surface area contributed by atoms with E-state index in [4.69, 9.17) is 28.4 Å². The maximum Gasteiger partial charge on any atom is 0.190 e. The molecule has 0 spiro atoms. The van der Waals surface area contributed by atoms with Crippen molar-refractivity contribution in [2.45, 2.75) is 70.0 Å². The van der Waals surface area contributed by atoms with E-state index in [0.717, 1.165) is 0 Å². The number of rotatable bonds is 4. The second-order valence-corrected chi connectivity index (χ2v) is 6.52. The third-order valence-electron chi connectivity index (χ3n) is 3.83. The molecule has 0 saturated carbocycles. The summed E-state index contributed by atoms with van der Waals surface area (Å²) in [6, 6.07) is 0. The molecule has 3 aliphatic heterocycles. The molecule has 6 nitrogen and oxygen atoms in total. The van der Waals surface area contributed by atoms with Gasteiger partial charge in [0.25, 0.3) is 0 Å². The highest BCUT2D eigenvalue weighted by molar-refractivity contribution is 4.99. The predicted octanol–water partition coefficient (Wildman–Crippen LogP) is 1.59. The molecule has 0 N–H and O–H groups in total. The predicted molar refractivity (Wildman–Crippen MR) is 73.5 cm³/mol. The molecule has 3 heterocycles. The summed E-state index contributed by atoms with van der Waals surface area (Å²) in [4.78, 5) is 0. The number of hydrogen-bond acceptors (Lipinski definition) is 6. The maximum absolute atomic E-state index is 6.00. The van der Waals surface area contributed by atoms with Crippen LogP contribution in [0, 0.1) is 0 Å². The fraction of sp³-hybridized carbons (Fsp3) is 0.867. The molecular weight excluding hydrogens is 276 g/mol. The zero-order valence-corrected chi connectivity index (χ0v) is 13.0. The van der Waals surface area contributed by atoms with Gasteiger partial charge in [0.15, 0.2) is 17.9 Å². The van der Waals surface area contributed by atoms with Crippen LogP contribution in [0.15, 0.2) is 12.7 Å². The summed E-state index contributed by atoms with van der Waals surface area (Å²) in [5, 5.41) is 0. The van der Waals surface area contributed by atoms with E-state index in [2.05, 4.69) is 6.58 Å². The fourth-order valence-corrected chi connectivity index (χ4v) is 3.05. The summed E-state index contributed by atoms with van der Waals surface area (Å²) in [7, 11) is 0. The molecule has 0 aromatic heterocycles. The fourth-order valence-electron chi connectivity index (χ4n) is 3.05. The van der Waals surface area contributed by atoms with Crippen LogP contribution in [-0.4, -0.2) is 55.5 Å².